The molecule has 0 aliphatic heterocycles. The minimum absolute atomic E-state index is 0.558. The molecule has 19 heavy (non-hydrogen) atoms. The van der Waals surface area contributed by atoms with E-state index in [-0.39, 0.29) is 0 Å². The van der Waals surface area contributed by atoms with Gasteiger partial charge in [-0.3, -0.25) is 4.68 Å². The summed E-state index contributed by atoms with van der Waals surface area (Å²) in [7, 11) is 0. The molecular formula is C15H28N4. The highest BCUT2D eigenvalue weighted by Gasteiger charge is 2.27. The zero-order chi connectivity index (χ0) is 13.7. The smallest absolute Gasteiger partial charge is 0.138 e. The van der Waals surface area contributed by atoms with Gasteiger partial charge in [-0.15, -0.1) is 0 Å². The number of rotatable bonds is 6. The van der Waals surface area contributed by atoms with Gasteiger partial charge in [-0.2, -0.15) is 5.10 Å². The van der Waals surface area contributed by atoms with Crippen molar-refractivity contribution < 1.29 is 0 Å². The monoisotopic (exact) mass is 264 g/mol. The molecule has 0 amide bonds. The van der Waals surface area contributed by atoms with Crippen LogP contribution in [0.3, 0.4) is 0 Å². The maximum atomic E-state index is 4.43. The SMILES string of the molecule is CCNC(Cc1ncnn1CC)C1CCCC(C)C1. The molecule has 1 aromatic rings. The van der Waals surface area contributed by atoms with Gasteiger partial charge in [0.05, 0.1) is 0 Å². The molecule has 1 aliphatic rings. The fourth-order valence-corrected chi connectivity index (χ4v) is 3.42. The summed E-state index contributed by atoms with van der Waals surface area (Å²) >= 11 is 0. The molecule has 0 saturated heterocycles. The summed E-state index contributed by atoms with van der Waals surface area (Å²) in [6, 6.07) is 0.558. The normalized spacial score (nSPS) is 25.4. The van der Waals surface area contributed by atoms with E-state index in [0.29, 0.717) is 6.04 Å². The van der Waals surface area contributed by atoms with Crippen molar-refractivity contribution in [3.05, 3.63) is 12.2 Å². The van der Waals surface area contributed by atoms with Crippen molar-refractivity contribution in [2.75, 3.05) is 6.54 Å². The Bertz CT molecular complexity index is 374. The van der Waals surface area contributed by atoms with E-state index in [1.54, 1.807) is 6.33 Å². The average molecular weight is 264 g/mol. The van der Waals surface area contributed by atoms with Crippen LogP contribution < -0.4 is 5.32 Å². The molecule has 0 bridgehead atoms. The molecule has 4 heteroatoms. The zero-order valence-electron chi connectivity index (χ0n) is 12.6. The molecule has 1 N–H and O–H groups in total. The van der Waals surface area contributed by atoms with Gasteiger partial charge in [-0.1, -0.05) is 26.7 Å². The van der Waals surface area contributed by atoms with Gasteiger partial charge in [-0.05, 0) is 38.1 Å². The Morgan fingerprint density at radius 1 is 1.42 bits per heavy atom. The van der Waals surface area contributed by atoms with Crippen LogP contribution in [-0.2, 0) is 13.0 Å². The van der Waals surface area contributed by atoms with Gasteiger partial charge in [0.25, 0.3) is 0 Å². The number of hydrogen-bond donors (Lipinski definition) is 1. The molecule has 0 aromatic carbocycles. The predicted molar refractivity (Wildman–Crippen MR) is 78.0 cm³/mol. The van der Waals surface area contributed by atoms with Gasteiger partial charge in [0.15, 0.2) is 0 Å². The number of nitrogens with one attached hydrogen (secondary N) is 1. The molecule has 1 heterocycles. The van der Waals surface area contributed by atoms with E-state index in [2.05, 4.69) is 36.2 Å². The van der Waals surface area contributed by atoms with E-state index in [9.17, 15) is 0 Å². The topological polar surface area (TPSA) is 42.7 Å². The third kappa shape index (κ3) is 3.78. The lowest BCUT2D eigenvalue weighted by molar-refractivity contribution is 0.220. The van der Waals surface area contributed by atoms with Crippen LogP contribution in [0.25, 0.3) is 0 Å². The van der Waals surface area contributed by atoms with E-state index in [0.717, 1.165) is 37.2 Å². The molecule has 0 radical (unpaired) electrons. The Balaban J connectivity index is 2.03. The number of likely N-dealkylation sites (N-methyl/N-ethyl adjacent to an activating group) is 1. The van der Waals surface area contributed by atoms with Crippen molar-refractivity contribution >= 4 is 0 Å². The molecule has 4 nitrogen and oxygen atoms in total. The fourth-order valence-electron chi connectivity index (χ4n) is 3.42. The Hall–Kier alpha value is -0.900. The summed E-state index contributed by atoms with van der Waals surface area (Å²) in [6.45, 7) is 8.67. The summed E-state index contributed by atoms with van der Waals surface area (Å²) in [5.41, 5.74) is 0. The first-order chi connectivity index (χ1) is 9.24. The van der Waals surface area contributed by atoms with Gasteiger partial charge >= 0.3 is 0 Å². The van der Waals surface area contributed by atoms with Crippen LogP contribution in [0.15, 0.2) is 6.33 Å². The second-order valence-electron chi connectivity index (χ2n) is 5.89. The lowest BCUT2D eigenvalue weighted by Crippen LogP contribution is -2.40. The maximum absolute atomic E-state index is 4.43. The minimum atomic E-state index is 0.558. The molecule has 1 aliphatic carbocycles. The minimum Gasteiger partial charge on any atom is -0.314 e. The third-order valence-corrected chi connectivity index (χ3v) is 4.41. The predicted octanol–water partition coefficient (Wildman–Crippen LogP) is 2.64. The van der Waals surface area contributed by atoms with Crippen molar-refractivity contribution in [1.82, 2.24) is 20.1 Å². The van der Waals surface area contributed by atoms with Crippen LogP contribution in [0.2, 0.25) is 0 Å². The number of aromatic nitrogens is 3. The van der Waals surface area contributed by atoms with Gasteiger partial charge in [0, 0.05) is 19.0 Å². The van der Waals surface area contributed by atoms with Crippen molar-refractivity contribution in [3.63, 3.8) is 0 Å². The van der Waals surface area contributed by atoms with Gasteiger partial charge in [0.2, 0.25) is 0 Å². The molecule has 1 fully saturated rings. The Morgan fingerprint density at radius 2 is 2.26 bits per heavy atom. The molecule has 2 rings (SSSR count). The maximum Gasteiger partial charge on any atom is 0.138 e. The Morgan fingerprint density at radius 3 is 2.95 bits per heavy atom. The van der Waals surface area contributed by atoms with E-state index < -0.39 is 0 Å². The van der Waals surface area contributed by atoms with Gasteiger partial charge in [0.1, 0.15) is 12.2 Å². The average Bonchev–Trinajstić information content (AvgIpc) is 2.85. The van der Waals surface area contributed by atoms with Crippen LogP contribution in [0.1, 0.15) is 52.3 Å². The van der Waals surface area contributed by atoms with E-state index in [4.69, 9.17) is 0 Å². The molecule has 1 aromatic heterocycles. The fraction of sp³-hybridized carbons (Fsp3) is 0.867. The zero-order valence-corrected chi connectivity index (χ0v) is 12.6. The molecule has 0 spiro atoms. The molecule has 108 valence electrons. The Kier molecular flexibility index (Phi) is 5.37. The molecular weight excluding hydrogens is 236 g/mol. The first-order valence-electron chi connectivity index (χ1n) is 7.84. The van der Waals surface area contributed by atoms with E-state index in [1.807, 2.05) is 4.68 Å². The standard InChI is InChI=1S/C15H28N4/c1-4-16-14(13-8-6-7-12(3)9-13)10-15-17-11-18-19(15)5-2/h11-14,16H,4-10H2,1-3H3. The van der Waals surface area contributed by atoms with E-state index >= 15 is 0 Å². The summed E-state index contributed by atoms with van der Waals surface area (Å²) in [6.07, 6.45) is 8.21. The quantitative estimate of drug-likeness (QED) is 0.859. The number of nitrogens with zero attached hydrogens (tertiary/aromatic N) is 3. The summed E-state index contributed by atoms with van der Waals surface area (Å²) < 4.78 is 2.02. The van der Waals surface area contributed by atoms with Crippen LogP contribution in [0.5, 0.6) is 0 Å². The lowest BCUT2D eigenvalue weighted by atomic mass is 9.77. The number of aryl methyl sites for hydroxylation is 1. The van der Waals surface area contributed by atoms with Crippen LogP contribution in [0.4, 0.5) is 0 Å². The Labute approximate surface area is 117 Å². The highest BCUT2D eigenvalue weighted by atomic mass is 15.3. The highest BCUT2D eigenvalue weighted by Crippen LogP contribution is 2.31. The largest absolute Gasteiger partial charge is 0.314 e. The third-order valence-electron chi connectivity index (χ3n) is 4.41. The van der Waals surface area contributed by atoms with Gasteiger partial charge < -0.3 is 5.32 Å². The van der Waals surface area contributed by atoms with Crippen LogP contribution in [-0.4, -0.2) is 27.4 Å². The van der Waals surface area contributed by atoms with Crippen molar-refractivity contribution in [3.8, 4) is 0 Å². The second-order valence-corrected chi connectivity index (χ2v) is 5.89. The van der Waals surface area contributed by atoms with Crippen LogP contribution >= 0.6 is 0 Å². The van der Waals surface area contributed by atoms with E-state index in [1.165, 1.54) is 25.7 Å². The highest BCUT2D eigenvalue weighted by molar-refractivity contribution is 4.93. The van der Waals surface area contributed by atoms with Crippen molar-refractivity contribution in [2.24, 2.45) is 11.8 Å². The van der Waals surface area contributed by atoms with Crippen LogP contribution in [0, 0.1) is 11.8 Å². The summed E-state index contributed by atoms with van der Waals surface area (Å²) in [5.74, 6) is 2.81. The van der Waals surface area contributed by atoms with Crippen molar-refractivity contribution in [2.45, 2.75) is 65.5 Å². The summed E-state index contributed by atoms with van der Waals surface area (Å²) in [5, 5.41) is 7.97. The van der Waals surface area contributed by atoms with Crippen molar-refractivity contribution in [1.29, 1.82) is 0 Å². The first kappa shape index (κ1) is 14.5. The summed E-state index contributed by atoms with van der Waals surface area (Å²) in [4.78, 5) is 4.43. The first-order valence-corrected chi connectivity index (χ1v) is 7.84. The number of hydrogen-bond acceptors (Lipinski definition) is 3. The molecule has 1 saturated carbocycles. The molecule has 3 unspecified atom stereocenters. The second kappa shape index (κ2) is 7.04. The lowest BCUT2D eigenvalue weighted by Gasteiger charge is -2.33. The van der Waals surface area contributed by atoms with Gasteiger partial charge in [-0.25, -0.2) is 4.98 Å². The molecule has 3 atom stereocenters.